The van der Waals surface area contributed by atoms with Crippen LogP contribution in [0.4, 0.5) is 5.82 Å². The normalized spacial score (nSPS) is 18.8. The molecule has 0 unspecified atom stereocenters. The van der Waals surface area contributed by atoms with Gasteiger partial charge >= 0.3 is 0 Å². The minimum Gasteiger partial charge on any atom is -0.424 e. The monoisotopic (exact) mass is 360 g/mol. The second-order valence-electron chi connectivity index (χ2n) is 6.82. The van der Waals surface area contributed by atoms with E-state index in [0.29, 0.717) is 5.92 Å². The Balaban J connectivity index is 1.38. The van der Waals surface area contributed by atoms with Gasteiger partial charge in [-0.05, 0) is 32.9 Å². The molecular weight excluding hydrogens is 336 g/mol. The number of piperazine rings is 1. The van der Waals surface area contributed by atoms with Crippen molar-refractivity contribution in [3.05, 3.63) is 23.0 Å². The summed E-state index contributed by atoms with van der Waals surface area (Å²) in [4.78, 5) is 14.0. The minimum atomic E-state index is 0.521. The summed E-state index contributed by atoms with van der Waals surface area (Å²) in [7, 11) is 0. The third-order valence-electron chi connectivity index (χ3n) is 4.97. The molecule has 3 heterocycles. The molecule has 0 spiro atoms. The molecular formula is C17H24N6OS. The second-order valence-corrected chi connectivity index (χ2v) is 7.59. The van der Waals surface area contributed by atoms with Gasteiger partial charge in [0.05, 0.1) is 6.54 Å². The van der Waals surface area contributed by atoms with Crippen LogP contribution < -0.4 is 4.90 Å². The first-order valence-corrected chi connectivity index (χ1v) is 10.1. The molecule has 134 valence electrons. The SMILES string of the molecule is CSc1nc(C)c(C)c(N2CCN(Cc3nnc(C4CC4)o3)CC2)n1. The highest BCUT2D eigenvalue weighted by Gasteiger charge is 2.30. The number of anilines is 1. The number of aromatic nitrogens is 4. The summed E-state index contributed by atoms with van der Waals surface area (Å²) in [6, 6.07) is 0. The maximum atomic E-state index is 5.79. The number of nitrogens with zero attached hydrogens (tertiary/aromatic N) is 6. The van der Waals surface area contributed by atoms with Gasteiger partial charge in [-0.15, -0.1) is 10.2 Å². The summed E-state index contributed by atoms with van der Waals surface area (Å²) in [6.45, 7) is 8.76. The highest BCUT2D eigenvalue weighted by Crippen LogP contribution is 2.39. The molecule has 25 heavy (non-hydrogen) atoms. The van der Waals surface area contributed by atoms with E-state index in [2.05, 4.69) is 38.8 Å². The first kappa shape index (κ1) is 16.8. The molecule has 2 aromatic rings. The molecule has 0 aromatic carbocycles. The van der Waals surface area contributed by atoms with Crippen molar-refractivity contribution in [2.45, 2.75) is 44.3 Å². The Bertz CT molecular complexity index is 752. The van der Waals surface area contributed by atoms with Gasteiger partial charge in [0.1, 0.15) is 5.82 Å². The number of aryl methyl sites for hydroxylation is 1. The summed E-state index contributed by atoms with van der Waals surface area (Å²) in [5, 5.41) is 9.22. The highest BCUT2D eigenvalue weighted by molar-refractivity contribution is 7.98. The number of hydrogen-bond donors (Lipinski definition) is 0. The molecule has 7 nitrogen and oxygen atoms in total. The zero-order valence-electron chi connectivity index (χ0n) is 15.0. The van der Waals surface area contributed by atoms with Gasteiger partial charge in [0.15, 0.2) is 5.16 Å². The van der Waals surface area contributed by atoms with Crippen molar-refractivity contribution in [3.63, 3.8) is 0 Å². The van der Waals surface area contributed by atoms with Gasteiger partial charge in [0.2, 0.25) is 11.8 Å². The number of rotatable bonds is 5. The molecule has 8 heteroatoms. The van der Waals surface area contributed by atoms with Crippen molar-refractivity contribution in [1.82, 2.24) is 25.1 Å². The van der Waals surface area contributed by atoms with Crippen LogP contribution in [0.5, 0.6) is 0 Å². The highest BCUT2D eigenvalue weighted by atomic mass is 32.2. The molecule has 0 amide bonds. The van der Waals surface area contributed by atoms with Crippen LogP contribution in [-0.2, 0) is 6.54 Å². The van der Waals surface area contributed by atoms with Gasteiger partial charge in [-0.25, -0.2) is 9.97 Å². The smallest absolute Gasteiger partial charge is 0.230 e. The zero-order chi connectivity index (χ0) is 17.4. The van der Waals surface area contributed by atoms with Crippen molar-refractivity contribution < 1.29 is 4.42 Å². The molecule has 1 saturated heterocycles. The van der Waals surface area contributed by atoms with Gasteiger partial charge in [-0.1, -0.05) is 11.8 Å². The quantitative estimate of drug-likeness (QED) is 0.595. The second kappa shape index (κ2) is 6.92. The molecule has 0 radical (unpaired) electrons. The Morgan fingerprint density at radius 2 is 1.84 bits per heavy atom. The van der Waals surface area contributed by atoms with Crippen molar-refractivity contribution in [2.24, 2.45) is 0 Å². The lowest BCUT2D eigenvalue weighted by molar-refractivity contribution is 0.223. The van der Waals surface area contributed by atoms with Crippen LogP contribution >= 0.6 is 11.8 Å². The molecule has 2 aromatic heterocycles. The lowest BCUT2D eigenvalue weighted by Gasteiger charge is -2.35. The minimum absolute atomic E-state index is 0.521. The first-order valence-electron chi connectivity index (χ1n) is 8.83. The van der Waals surface area contributed by atoms with Gasteiger partial charge in [0.25, 0.3) is 0 Å². The van der Waals surface area contributed by atoms with Crippen LogP contribution in [0.2, 0.25) is 0 Å². The standard InChI is InChI=1S/C17H24N6OS/c1-11-12(2)18-17(25-3)19-15(11)23-8-6-22(7-9-23)10-14-20-21-16(24-14)13-4-5-13/h13H,4-10H2,1-3H3. The summed E-state index contributed by atoms with van der Waals surface area (Å²) in [6.07, 6.45) is 4.40. The summed E-state index contributed by atoms with van der Waals surface area (Å²) >= 11 is 1.59. The molecule has 0 atom stereocenters. The van der Waals surface area contributed by atoms with Crippen molar-refractivity contribution >= 4 is 17.6 Å². The Kier molecular flexibility index (Phi) is 4.64. The third kappa shape index (κ3) is 3.64. The third-order valence-corrected chi connectivity index (χ3v) is 5.51. The average molecular weight is 360 g/mol. The van der Waals surface area contributed by atoms with E-state index in [1.165, 1.54) is 18.4 Å². The largest absolute Gasteiger partial charge is 0.424 e. The molecule has 1 saturated carbocycles. The van der Waals surface area contributed by atoms with Gasteiger partial charge < -0.3 is 9.32 Å². The van der Waals surface area contributed by atoms with E-state index < -0.39 is 0 Å². The van der Waals surface area contributed by atoms with E-state index in [9.17, 15) is 0 Å². The van der Waals surface area contributed by atoms with Crippen LogP contribution in [-0.4, -0.2) is 57.5 Å². The summed E-state index contributed by atoms with van der Waals surface area (Å²) in [5.74, 6) is 3.16. The Morgan fingerprint density at radius 3 is 2.52 bits per heavy atom. The van der Waals surface area contributed by atoms with Crippen LogP contribution in [0.1, 0.15) is 41.8 Å². The molecule has 4 rings (SSSR count). The van der Waals surface area contributed by atoms with Crippen molar-refractivity contribution in [3.8, 4) is 0 Å². The summed E-state index contributed by atoms with van der Waals surface area (Å²) in [5.41, 5.74) is 2.24. The summed E-state index contributed by atoms with van der Waals surface area (Å²) < 4.78 is 5.79. The molecule has 1 aliphatic carbocycles. The van der Waals surface area contributed by atoms with E-state index in [-0.39, 0.29) is 0 Å². The van der Waals surface area contributed by atoms with Gasteiger partial charge in [0, 0.05) is 43.4 Å². The molecule has 0 N–H and O–H groups in total. The fourth-order valence-corrected chi connectivity index (χ4v) is 3.53. The topological polar surface area (TPSA) is 71.2 Å². The lowest BCUT2D eigenvalue weighted by Crippen LogP contribution is -2.46. The fraction of sp³-hybridized carbons (Fsp3) is 0.647. The molecule has 2 aliphatic rings. The molecule has 2 fully saturated rings. The van der Waals surface area contributed by atoms with Crippen LogP contribution in [0.15, 0.2) is 9.57 Å². The Morgan fingerprint density at radius 1 is 1.08 bits per heavy atom. The maximum Gasteiger partial charge on any atom is 0.230 e. The van der Waals surface area contributed by atoms with E-state index in [0.717, 1.165) is 61.2 Å². The number of thioether (sulfide) groups is 1. The van der Waals surface area contributed by atoms with Crippen LogP contribution in [0.25, 0.3) is 0 Å². The van der Waals surface area contributed by atoms with Crippen molar-refractivity contribution in [1.29, 1.82) is 0 Å². The molecule has 0 bridgehead atoms. The van der Waals surface area contributed by atoms with Crippen LogP contribution in [0.3, 0.4) is 0 Å². The van der Waals surface area contributed by atoms with E-state index in [4.69, 9.17) is 9.40 Å². The van der Waals surface area contributed by atoms with Crippen molar-refractivity contribution in [2.75, 3.05) is 37.3 Å². The van der Waals surface area contributed by atoms with Gasteiger partial charge in [-0.2, -0.15) is 0 Å². The average Bonchev–Trinajstić information content (AvgIpc) is 3.38. The fourth-order valence-electron chi connectivity index (χ4n) is 3.12. The zero-order valence-corrected chi connectivity index (χ0v) is 15.8. The van der Waals surface area contributed by atoms with E-state index in [1.54, 1.807) is 11.8 Å². The Hall–Kier alpha value is -1.67. The maximum absolute atomic E-state index is 5.79. The Labute approximate surface area is 152 Å². The van der Waals surface area contributed by atoms with E-state index >= 15 is 0 Å². The number of hydrogen-bond acceptors (Lipinski definition) is 8. The molecule has 1 aliphatic heterocycles. The predicted molar refractivity (Wildman–Crippen MR) is 97.1 cm³/mol. The first-order chi connectivity index (χ1) is 12.1. The lowest BCUT2D eigenvalue weighted by atomic mass is 10.2. The predicted octanol–water partition coefficient (Wildman–Crippen LogP) is 2.40. The van der Waals surface area contributed by atoms with Gasteiger partial charge in [-0.3, -0.25) is 4.90 Å². The van der Waals surface area contributed by atoms with E-state index in [1.807, 2.05) is 6.26 Å². The van der Waals surface area contributed by atoms with Crippen LogP contribution in [0, 0.1) is 13.8 Å².